The number of thioether (sulfide) groups is 1. The molecular formula is C24H27N3O4S. The molecule has 0 bridgehead atoms. The minimum Gasteiger partial charge on any atom is -0.467 e. The highest BCUT2D eigenvalue weighted by Gasteiger charge is 2.22. The molecule has 0 aliphatic carbocycles. The summed E-state index contributed by atoms with van der Waals surface area (Å²) in [6, 6.07) is 15.8. The van der Waals surface area contributed by atoms with Crippen molar-refractivity contribution in [1.82, 2.24) is 14.9 Å². The second-order valence-corrected chi connectivity index (χ2v) is 8.79. The van der Waals surface area contributed by atoms with Gasteiger partial charge in [-0.1, -0.05) is 68.1 Å². The van der Waals surface area contributed by atoms with E-state index < -0.39 is 12.0 Å². The SMILES string of the molecule is COC(=O)[C@H](Cc1ccccc1)NC(=O)CSc1nc2ccccc2c(=O)n1CC(C)C. The maximum atomic E-state index is 13.0. The van der Waals surface area contributed by atoms with Gasteiger partial charge >= 0.3 is 5.97 Å². The maximum Gasteiger partial charge on any atom is 0.328 e. The van der Waals surface area contributed by atoms with E-state index in [-0.39, 0.29) is 23.1 Å². The average molecular weight is 454 g/mol. The topological polar surface area (TPSA) is 90.3 Å². The first kappa shape index (κ1) is 23.5. The van der Waals surface area contributed by atoms with Crippen molar-refractivity contribution in [1.29, 1.82) is 0 Å². The minimum atomic E-state index is -0.794. The van der Waals surface area contributed by atoms with E-state index in [1.807, 2.05) is 56.3 Å². The summed E-state index contributed by atoms with van der Waals surface area (Å²) >= 11 is 1.18. The molecule has 8 heteroatoms. The molecule has 1 aromatic heterocycles. The van der Waals surface area contributed by atoms with Crippen LogP contribution < -0.4 is 10.9 Å². The number of carbonyl (C=O) groups excluding carboxylic acids is 2. The molecule has 0 unspecified atom stereocenters. The number of carbonyl (C=O) groups is 2. The lowest BCUT2D eigenvalue weighted by molar-refractivity contribution is -0.144. The number of rotatable bonds is 9. The van der Waals surface area contributed by atoms with Crippen LogP contribution >= 0.6 is 11.8 Å². The van der Waals surface area contributed by atoms with Gasteiger partial charge < -0.3 is 10.1 Å². The zero-order valence-electron chi connectivity index (χ0n) is 18.4. The number of ether oxygens (including phenoxy) is 1. The number of fused-ring (bicyclic) bond motifs is 1. The fourth-order valence-corrected chi connectivity index (χ4v) is 4.16. The standard InChI is InChI=1S/C24H27N3O4S/c1-16(2)14-27-22(29)18-11-7-8-12-19(18)26-24(27)32-15-21(28)25-20(23(30)31-3)13-17-9-5-4-6-10-17/h4-12,16,20H,13-15H2,1-3H3,(H,25,28)/t20-/m0/s1. The Balaban J connectivity index is 1.76. The van der Waals surface area contributed by atoms with Crippen molar-refractivity contribution in [3.8, 4) is 0 Å². The lowest BCUT2D eigenvalue weighted by atomic mass is 10.1. The smallest absolute Gasteiger partial charge is 0.328 e. The van der Waals surface area contributed by atoms with Crippen LogP contribution in [0, 0.1) is 5.92 Å². The van der Waals surface area contributed by atoms with Gasteiger partial charge in [-0.3, -0.25) is 14.2 Å². The van der Waals surface area contributed by atoms with Gasteiger partial charge in [0.15, 0.2) is 5.16 Å². The molecule has 1 amide bonds. The number of hydrogen-bond acceptors (Lipinski definition) is 6. The van der Waals surface area contributed by atoms with Crippen LogP contribution in [0.5, 0.6) is 0 Å². The number of nitrogens with zero attached hydrogens (tertiary/aromatic N) is 2. The lowest BCUT2D eigenvalue weighted by Gasteiger charge is -2.17. The van der Waals surface area contributed by atoms with Gasteiger partial charge in [-0.15, -0.1) is 0 Å². The van der Waals surface area contributed by atoms with Crippen molar-refractivity contribution in [2.45, 2.75) is 38.0 Å². The molecule has 0 saturated heterocycles. The van der Waals surface area contributed by atoms with Gasteiger partial charge in [0.2, 0.25) is 5.91 Å². The van der Waals surface area contributed by atoms with Crippen LogP contribution in [0.1, 0.15) is 19.4 Å². The van der Waals surface area contributed by atoms with Crippen LogP contribution in [0.3, 0.4) is 0 Å². The Labute approximate surface area is 191 Å². The number of methoxy groups -OCH3 is 1. The summed E-state index contributed by atoms with van der Waals surface area (Å²) < 4.78 is 6.47. The van der Waals surface area contributed by atoms with Crippen molar-refractivity contribution in [3.63, 3.8) is 0 Å². The van der Waals surface area contributed by atoms with Gasteiger partial charge in [0, 0.05) is 13.0 Å². The Morgan fingerprint density at radius 1 is 1.09 bits per heavy atom. The molecule has 0 fully saturated rings. The van der Waals surface area contributed by atoms with Gasteiger partial charge in [-0.2, -0.15) is 0 Å². The number of amides is 1. The molecule has 0 spiro atoms. The summed E-state index contributed by atoms with van der Waals surface area (Å²) in [5.74, 6) is -0.587. The van der Waals surface area contributed by atoms with E-state index in [9.17, 15) is 14.4 Å². The fourth-order valence-electron chi connectivity index (χ4n) is 3.34. The fraction of sp³-hybridized carbons (Fsp3) is 0.333. The highest BCUT2D eigenvalue weighted by Crippen LogP contribution is 2.19. The van der Waals surface area contributed by atoms with Gasteiger partial charge in [-0.25, -0.2) is 9.78 Å². The largest absolute Gasteiger partial charge is 0.467 e. The van der Waals surface area contributed by atoms with Crippen molar-refractivity contribution < 1.29 is 14.3 Å². The van der Waals surface area contributed by atoms with Gasteiger partial charge in [-0.05, 0) is 23.6 Å². The second kappa shape index (κ2) is 10.9. The highest BCUT2D eigenvalue weighted by atomic mass is 32.2. The zero-order chi connectivity index (χ0) is 23.1. The number of para-hydroxylation sites is 1. The van der Waals surface area contributed by atoms with Gasteiger partial charge in [0.25, 0.3) is 5.56 Å². The molecule has 1 N–H and O–H groups in total. The van der Waals surface area contributed by atoms with Crippen LogP contribution in [0.25, 0.3) is 10.9 Å². The summed E-state index contributed by atoms with van der Waals surface area (Å²) in [6.07, 6.45) is 0.330. The van der Waals surface area contributed by atoms with Crippen LogP contribution in [0.4, 0.5) is 0 Å². The molecule has 7 nitrogen and oxygen atoms in total. The first-order valence-corrected chi connectivity index (χ1v) is 11.4. The third-order valence-corrected chi connectivity index (χ3v) is 5.79. The second-order valence-electron chi connectivity index (χ2n) is 7.84. The molecule has 1 heterocycles. The third kappa shape index (κ3) is 5.97. The molecule has 32 heavy (non-hydrogen) atoms. The van der Waals surface area contributed by atoms with Crippen molar-refractivity contribution in [2.24, 2.45) is 5.92 Å². The summed E-state index contributed by atoms with van der Waals surface area (Å²) in [5.41, 5.74) is 1.39. The zero-order valence-corrected chi connectivity index (χ0v) is 19.2. The monoisotopic (exact) mass is 453 g/mol. The first-order chi connectivity index (χ1) is 15.4. The normalized spacial score (nSPS) is 12.0. The van der Waals surface area contributed by atoms with E-state index >= 15 is 0 Å². The van der Waals surface area contributed by atoms with Gasteiger partial charge in [0.05, 0.1) is 23.8 Å². The Morgan fingerprint density at radius 2 is 1.78 bits per heavy atom. The number of hydrogen-bond donors (Lipinski definition) is 1. The molecule has 0 aliphatic heterocycles. The molecule has 0 saturated carbocycles. The van der Waals surface area contributed by atoms with Crippen molar-refractivity contribution in [2.75, 3.05) is 12.9 Å². The van der Waals surface area contributed by atoms with Gasteiger partial charge in [0.1, 0.15) is 6.04 Å². The van der Waals surface area contributed by atoms with Crippen LogP contribution in [0.15, 0.2) is 64.5 Å². The Hall–Kier alpha value is -3.13. The van der Waals surface area contributed by atoms with E-state index in [1.54, 1.807) is 16.7 Å². The molecule has 2 aromatic carbocycles. The molecule has 168 valence electrons. The first-order valence-electron chi connectivity index (χ1n) is 10.4. The lowest BCUT2D eigenvalue weighted by Crippen LogP contribution is -2.43. The predicted octanol–water partition coefficient (Wildman–Crippen LogP) is 3.05. The molecule has 0 aliphatic rings. The third-order valence-electron chi connectivity index (χ3n) is 4.81. The Bertz CT molecular complexity index is 1140. The quantitative estimate of drug-likeness (QED) is 0.304. The summed E-state index contributed by atoms with van der Waals surface area (Å²) in [5, 5.41) is 3.78. The molecule has 3 aromatic rings. The van der Waals surface area contributed by atoms with E-state index in [4.69, 9.17) is 4.74 Å². The van der Waals surface area contributed by atoms with Crippen molar-refractivity contribution in [3.05, 3.63) is 70.5 Å². The van der Waals surface area contributed by atoms with Crippen LogP contribution in [0.2, 0.25) is 0 Å². The molecular weight excluding hydrogens is 426 g/mol. The highest BCUT2D eigenvalue weighted by molar-refractivity contribution is 7.99. The molecule has 0 radical (unpaired) electrons. The van der Waals surface area contributed by atoms with E-state index in [0.29, 0.717) is 29.0 Å². The number of aromatic nitrogens is 2. The number of nitrogens with one attached hydrogen (secondary N) is 1. The number of benzene rings is 2. The van der Waals surface area contributed by atoms with Crippen molar-refractivity contribution >= 4 is 34.5 Å². The predicted molar refractivity (Wildman–Crippen MR) is 126 cm³/mol. The van der Waals surface area contributed by atoms with E-state index in [2.05, 4.69) is 10.3 Å². The van der Waals surface area contributed by atoms with Crippen LogP contribution in [-0.2, 0) is 27.3 Å². The minimum absolute atomic E-state index is 0.0190. The average Bonchev–Trinajstić information content (AvgIpc) is 2.79. The Kier molecular flexibility index (Phi) is 8.05. The molecule has 1 atom stereocenters. The number of esters is 1. The summed E-state index contributed by atoms with van der Waals surface area (Å²) in [6.45, 7) is 4.54. The molecule has 3 rings (SSSR count). The van der Waals surface area contributed by atoms with Crippen LogP contribution in [-0.4, -0.2) is 40.3 Å². The van der Waals surface area contributed by atoms with E-state index in [1.165, 1.54) is 18.9 Å². The summed E-state index contributed by atoms with van der Waals surface area (Å²) in [7, 11) is 1.30. The van der Waals surface area contributed by atoms with E-state index in [0.717, 1.165) is 5.56 Å². The summed E-state index contributed by atoms with van der Waals surface area (Å²) in [4.78, 5) is 42.5. The maximum absolute atomic E-state index is 13.0. The Morgan fingerprint density at radius 3 is 2.47 bits per heavy atom.